The van der Waals surface area contributed by atoms with Gasteiger partial charge in [-0.05, 0) is 32.4 Å². The van der Waals surface area contributed by atoms with Crippen molar-refractivity contribution in [3.05, 3.63) is 42.0 Å². The Bertz CT molecular complexity index is 628. The molecule has 2 aromatic carbocycles. The largest absolute Gasteiger partial charge is 0.396 e. The van der Waals surface area contributed by atoms with Crippen LogP contribution in [0.25, 0.3) is 10.8 Å². The fourth-order valence-electron chi connectivity index (χ4n) is 2.53. The van der Waals surface area contributed by atoms with E-state index in [2.05, 4.69) is 30.9 Å². The van der Waals surface area contributed by atoms with Crippen molar-refractivity contribution in [1.82, 2.24) is 0 Å². The van der Waals surface area contributed by atoms with Crippen LogP contribution in [-0.4, -0.2) is 24.3 Å². The molecule has 0 saturated heterocycles. The number of anilines is 1. The average molecular weight is 268 g/mol. The van der Waals surface area contributed by atoms with Crippen molar-refractivity contribution >= 4 is 16.5 Å². The maximum absolute atomic E-state index is 9.22. The maximum atomic E-state index is 9.22. The van der Waals surface area contributed by atoms with Gasteiger partial charge < -0.3 is 10.0 Å². The van der Waals surface area contributed by atoms with Crippen molar-refractivity contribution in [2.24, 2.45) is 0 Å². The van der Waals surface area contributed by atoms with Crippen LogP contribution in [0, 0.1) is 11.3 Å². The van der Waals surface area contributed by atoms with Crippen LogP contribution in [0.2, 0.25) is 0 Å². The second-order valence-corrected chi connectivity index (χ2v) is 5.15. The van der Waals surface area contributed by atoms with Gasteiger partial charge in [0, 0.05) is 35.7 Å². The minimum atomic E-state index is 0.192. The van der Waals surface area contributed by atoms with Crippen molar-refractivity contribution < 1.29 is 5.11 Å². The molecule has 0 radical (unpaired) electrons. The molecule has 0 saturated carbocycles. The van der Waals surface area contributed by atoms with Gasteiger partial charge in [-0.1, -0.05) is 24.3 Å². The summed E-state index contributed by atoms with van der Waals surface area (Å²) >= 11 is 0. The molecule has 2 aromatic rings. The van der Waals surface area contributed by atoms with Gasteiger partial charge in [0.2, 0.25) is 0 Å². The quantitative estimate of drug-likeness (QED) is 0.905. The van der Waals surface area contributed by atoms with Gasteiger partial charge in [0.15, 0.2) is 0 Å². The van der Waals surface area contributed by atoms with Gasteiger partial charge in [0.25, 0.3) is 0 Å². The third-order valence-electron chi connectivity index (χ3n) is 3.51. The molecule has 0 aliphatic carbocycles. The zero-order chi connectivity index (χ0) is 14.5. The molecule has 0 fully saturated rings. The Balaban J connectivity index is 2.56. The number of hydrogen-bond acceptors (Lipinski definition) is 3. The molecule has 3 nitrogen and oxygen atoms in total. The van der Waals surface area contributed by atoms with E-state index in [9.17, 15) is 5.26 Å². The van der Waals surface area contributed by atoms with Crippen molar-refractivity contribution in [3.8, 4) is 6.07 Å². The Morgan fingerprint density at radius 1 is 1.15 bits per heavy atom. The highest BCUT2D eigenvalue weighted by molar-refractivity contribution is 5.97. The highest BCUT2D eigenvalue weighted by Gasteiger charge is 2.14. The van der Waals surface area contributed by atoms with Crippen molar-refractivity contribution in [2.75, 3.05) is 18.1 Å². The molecule has 0 atom stereocenters. The molecule has 0 aliphatic heterocycles. The summed E-state index contributed by atoms with van der Waals surface area (Å²) in [5.41, 5.74) is 1.83. The SMILES string of the molecule is CC(C)N(CCCO)c1ccc(C#N)c2ccccc12. The second kappa shape index (κ2) is 6.40. The molecule has 0 aromatic heterocycles. The predicted octanol–water partition coefficient (Wildman–Crippen LogP) is 3.31. The van der Waals surface area contributed by atoms with Gasteiger partial charge in [-0.15, -0.1) is 0 Å². The van der Waals surface area contributed by atoms with E-state index in [4.69, 9.17) is 5.11 Å². The lowest BCUT2D eigenvalue weighted by Gasteiger charge is -2.30. The van der Waals surface area contributed by atoms with Crippen LogP contribution in [0.5, 0.6) is 0 Å². The molecule has 0 unspecified atom stereocenters. The predicted molar refractivity (Wildman–Crippen MR) is 82.8 cm³/mol. The van der Waals surface area contributed by atoms with Crippen LogP contribution < -0.4 is 4.90 Å². The molecule has 0 amide bonds. The molecular weight excluding hydrogens is 248 g/mol. The molecule has 104 valence electrons. The molecule has 0 aliphatic rings. The standard InChI is InChI=1S/C17H20N2O/c1-13(2)19(10-5-11-20)17-9-8-14(12-18)15-6-3-4-7-16(15)17/h3-4,6-9,13,20H,5,10-11H2,1-2H3. The van der Waals surface area contributed by atoms with E-state index in [0.717, 1.165) is 29.4 Å². The smallest absolute Gasteiger partial charge is 0.0998 e. The molecular formula is C17H20N2O. The van der Waals surface area contributed by atoms with E-state index < -0.39 is 0 Å². The normalized spacial score (nSPS) is 10.8. The minimum Gasteiger partial charge on any atom is -0.396 e. The number of hydrogen-bond donors (Lipinski definition) is 1. The second-order valence-electron chi connectivity index (χ2n) is 5.15. The third-order valence-corrected chi connectivity index (χ3v) is 3.51. The van der Waals surface area contributed by atoms with Gasteiger partial charge in [-0.25, -0.2) is 0 Å². The van der Waals surface area contributed by atoms with Crippen LogP contribution >= 0.6 is 0 Å². The molecule has 2 rings (SSSR count). The third kappa shape index (κ3) is 2.76. The Morgan fingerprint density at radius 2 is 1.85 bits per heavy atom. The summed E-state index contributed by atoms with van der Waals surface area (Å²) in [6.07, 6.45) is 0.743. The van der Waals surface area contributed by atoms with Gasteiger partial charge in [-0.3, -0.25) is 0 Å². The van der Waals surface area contributed by atoms with E-state index in [1.54, 1.807) is 0 Å². The van der Waals surface area contributed by atoms with E-state index >= 15 is 0 Å². The maximum Gasteiger partial charge on any atom is 0.0998 e. The Labute approximate surface area is 120 Å². The fraction of sp³-hybridized carbons (Fsp3) is 0.353. The van der Waals surface area contributed by atoms with Crippen LogP contribution in [-0.2, 0) is 0 Å². The number of benzene rings is 2. The van der Waals surface area contributed by atoms with Gasteiger partial charge in [0.1, 0.15) is 0 Å². The highest BCUT2D eigenvalue weighted by Crippen LogP contribution is 2.30. The Kier molecular flexibility index (Phi) is 4.60. The number of nitriles is 1. The van der Waals surface area contributed by atoms with Crippen molar-refractivity contribution in [3.63, 3.8) is 0 Å². The lowest BCUT2D eigenvalue weighted by Crippen LogP contribution is -2.32. The zero-order valence-corrected chi connectivity index (χ0v) is 12.0. The van der Waals surface area contributed by atoms with E-state index in [0.29, 0.717) is 11.6 Å². The number of nitrogens with zero attached hydrogens (tertiary/aromatic N) is 2. The van der Waals surface area contributed by atoms with Crippen molar-refractivity contribution in [2.45, 2.75) is 26.3 Å². The first-order valence-corrected chi connectivity index (χ1v) is 6.98. The number of aliphatic hydroxyl groups excluding tert-OH is 1. The van der Waals surface area contributed by atoms with Crippen LogP contribution in [0.15, 0.2) is 36.4 Å². The van der Waals surface area contributed by atoms with Gasteiger partial charge in [-0.2, -0.15) is 5.26 Å². The molecule has 1 N–H and O–H groups in total. The lowest BCUT2D eigenvalue weighted by atomic mass is 10.0. The average Bonchev–Trinajstić information content (AvgIpc) is 2.47. The summed E-state index contributed by atoms with van der Waals surface area (Å²) in [6.45, 7) is 5.29. The van der Waals surface area contributed by atoms with E-state index in [1.807, 2.05) is 30.3 Å². The monoisotopic (exact) mass is 268 g/mol. The zero-order valence-electron chi connectivity index (χ0n) is 12.0. The topological polar surface area (TPSA) is 47.3 Å². The summed E-state index contributed by atoms with van der Waals surface area (Å²) in [5, 5.41) is 20.4. The van der Waals surface area contributed by atoms with E-state index in [1.165, 1.54) is 0 Å². The molecule has 3 heteroatoms. The molecule has 0 bridgehead atoms. The number of aliphatic hydroxyl groups is 1. The summed E-state index contributed by atoms with van der Waals surface area (Å²) in [6, 6.07) is 14.5. The molecule has 0 heterocycles. The van der Waals surface area contributed by atoms with Gasteiger partial charge in [0.05, 0.1) is 11.6 Å². The summed E-state index contributed by atoms with van der Waals surface area (Å²) in [7, 11) is 0. The first-order valence-electron chi connectivity index (χ1n) is 6.98. The minimum absolute atomic E-state index is 0.192. The fourth-order valence-corrected chi connectivity index (χ4v) is 2.53. The summed E-state index contributed by atoms with van der Waals surface area (Å²) < 4.78 is 0. The summed E-state index contributed by atoms with van der Waals surface area (Å²) in [4.78, 5) is 2.28. The van der Waals surface area contributed by atoms with E-state index in [-0.39, 0.29) is 6.61 Å². The first kappa shape index (κ1) is 14.4. The number of rotatable bonds is 5. The molecule has 20 heavy (non-hydrogen) atoms. The van der Waals surface area contributed by atoms with Crippen LogP contribution in [0.1, 0.15) is 25.8 Å². The first-order chi connectivity index (χ1) is 9.69. The Morgan fingerprint density at radius 3 is 2.45 bits per heavy atom. The summed E-state index contributed by atoms with van der Waals surface area (Å²) in [5.74, 6) is 0. The van der Waals surface area contributed by atoms with Crippen molar-refractivity contribution in [1.29, 1.82) is 5.26 Å². The molecule has 0 spiro atoms. The van der Waals surface area contributed by atoms with Crippen LogP contribution in [0.3, 0.4) is 0 Å². The Hall–Kier alpha value is -2.05. The van der Waals surface area contributed by atoms with Crippen LogP contribution in [0.4, 0.5) is 5.69 Å². The highest BCUT2D eigenvalue weighted by atomic mass is 16.3. The lowest BCUT2D eigenvalue weighted by molar-refractivity contribution is 0.288. The number of fused-ring (bicyclic) bond motifs is 1. The van der Waals surface area contributed by atoms with Gasteiger partial charge >= 0.3 is 0 Å².